The van der Waals surface area contributed by atoms with Gasteiger partial charge in [0.1, 0.15) is 17.5 Å². The average Bonchev–Trinajstić information content (AvgIpc) is 2.77. The lowest BCUT2D eigenvalue weighted by atomic mass is 10.1. The second-order valence-corrected chi connectivity index (χ2v) is 10.1. The van der Waals surface area contributed by atoms with Crippen LogP contribution in [-0.2, 0) is 9.57 Å². The summed E-state index contributed by atoms with van der Waals surface area (Å²) in [6.45, 7) is 11.5. The van der Waals surface area contributed by atoms with Crippen LogP contribution in [0.2, 0.25) is 0 Å². The van der Waals surface area contributed by atoms with Gasteiger partial charge >= 0.3 is 6.09 Å². The highest BCUT2D eigenvalue weighted by molar-refractivity contribution is 5.68. The number of carbonyl (C=O) groups excluding carboxylic acids is 1. The van der Waals surface area contributed by atoms with E-state index >= 15 is 0 Å². The lowest BCUT2D eigenvalue weighted by molar-refractivity contribution is -0.209. The summed E-state index contributed by atoms with van der Waals surface area (Å²) in [5.74, 6) is 1.34. The lowest BCUT2D eigenvalue weighted by Crippen LogP contribution is -2.51. The topological polar surface area (TPSA) is 104 Å². The standard InChI is InChI=1S/C23H40N6O5/c1-16-15-26(5)12-13-29(16)18-14-19(25-20(24-18)21(30)27(6)32-7)33-17-8-10-28(11-9-17)22(31)34-23(2,3)4/h14,16-17,21,30H,8-13,15H2,1-7H3/t16-,21?/m0/s1. The monoisotopic (exact) mass is 480 g/mol. The molecule has 2 fully saturated rings. The number of aromatic nitrogens is 2. The van der Waals surface area contributed by atoms with E-state index in [2.05, 4.69) is 33.7 Å². The molecule has 1 unspecified atom stereocenters. The first-order valence-electron chi connectivity index (χ1n) is 11.9. The number of piperazine rings is 1. The number of amides is 1. The third-order valence-corrected chi connectivity index (χ3v) is 6.08. The molecule has 1 aromatic rings. The number of piperidine rings is 1. The Balaban J connectivity index is 1.74. The Morgan fingerprint density at radius 3 is 2.47 bits per heavy atom. The van der Waals surface area contributed by atoms with Crippen molar-refractivity contribution in [3.05, 3.63) is 11.9 Å². The minimum atomic E-state index is -1.14. The van der Waals surface area contributed by atoms with Crippen LogP contribution in [0.25, 0.3) is 0 Å². The normalized spacial score (nSPS) is 21.6. The molecule has 0 aliphatic carbocycles. The molecule has 0 bridgehead atoms. The van der Waals surface area contributed by atoms with Crippen molar-refractivity contribution in [2.24, 2.45) is 0 Å². The number of ether oxygens (including phenoxy) is 2. The molecule has 3 heterocycles. The van der Waals surface area contributed by atoms with Crippen LogP contribution in [0.1, 0.15) is 52.6 Å². The molecule has 0 radical (unpaired) electrons. The van der Waals surface area contributed by atoms with E-state index in [4.69, 9.17) is 14.3 Å². The molecule has 11 heteroatoms. The Kier molecular flexibility index (Phi) is 8.56. The average molecular weight is 481 g/mol. The number of hydroxylamine groups is 2. The second-order valence-electron chi connectivity index (χ2n) is 10.1. The summed E-state index contributed by atoms with van der Waals surface area (Å²) in [6, 6.07) is 2.09. The Bertz CT molecular complexity index is 827. The van der Waals surface area contributed by atoms with Gasteiger partial charge < -0.3 is 29.3 Å². The quantitative estimate of drug-likeness (QED) is 0.479. The number of rotatable bonds is 6. The van der Waals surface area contributed by atoms with Gasteiger partial charge in [0.2, 0.25) is 5.88 Å². The molecule has 34 heavy (non-hydrogen) atoms. The third kappa shape index (κ3) is 6.91. The summed E-state index contributed by atoms with van der Waals surface area (Å²) in [4.78, 5) is 32.8. The molecular formula is C23H40N6O5. The number of likely N-dealkylation sites (N-methyl/N-ethyl adjacent to an activating group) is 1. The molecule has 3 rings (SSSR count). The molecular weight excluding hydrogens is 440 g/mol. The molecule has 0 spiro atoms. The van der Waals surface area contributed by atoms with Gasteiger partial charge in [-0.3, -0.25) is 4.84 Å². The lowest BCUT2D eigenvalue weighted by Gasteiger charge is -2.39. The minimum absolute atomic E-state index is 0.100. The van der Waals surface area contributed by atoms with Crippen LogP contribution in [0.5, 0.6) is 5.88 Å². The summed E-state index contributed by atoms with van der Waals surface area (Å²) in [5, 5.41) is 12.0. The summed E-state index contributed by atoms with van der Waals surface area (Å²) < 4.78 is 11.7. The van der Waals surface area contributed by atoms with E-state index in [0.29, 0.717) is 31.8 Å². The van der Waals surface area contributed by atoms with E-state index in [0.717, 1.165) is 25.5 Å². The third-order valence-electron chi connectivity index (χ3n) is 6.08. The van der Waals surface area contributed by atoms with Crippen LogP contribution in [0.4, 0.5) is 10.6 Å². The van der Waals surface area contributed by atoms with E-state index in [1.165, 1.54) is 12.2 Å². The summed E-state index contributed by atoms with van der Waals surface area (Å²) in [7, 11) is 5.20. The molecule has 192 valence electrons. The van der Waals surface area contributed by atoms with E-state index in [-0.39, 0.29) is 24.1 Å². The largest absolute Gasteiger partial charge is 0.474 e. The minimum Gasteiger partial charge on any atom is -0.474 e. The fourth-order valence-corrected chi connectivity index (χ4v) is 4.15. The van der Waals surface area contributed by atoms with Crippen LogP contribution in [0, 0.1) is 0 Å². The Morgan fingerprint density at radius 1 is 1.21 bits per heavy atom. The van der Waals surface area contributed by atoms with E-state index < -0.39 is 11.8 Å². The van der Waals surface area contributed by atoms with Crippen LogP contribution < -0.4 is 9.64 Å². The summed E-state index contributed by atoms with van der Waals surface area (Å²) >= 11 is 0. The number of hydrogen-bond donors (Lipinski definition) is 1. The Hall–Kier alpha value is -2.21. The van der Waals surface area contributed by atoms with Crippen LogP contribution in [0.3, 0.4) is 0 Å². The van der Waals surface area contributed by atoms with Crippen molar-refractivity contribution in [1.82, 2.24) is 24.8 Å². The molecule has 0 aromatic carbocycles. The summed E-state index contributed by atoms with van der Waals surface area (Å²) in [5.41, 5.74) is -0.519. The zero-order chi connectivity index (χ0) is 25.0. The van der Waals surface area contributed by atoms with Crippen molar-refractivity contribution in [3.8, 4) is 5.88 Å². The fourth-order valence-electron chi connectivity index (χ4n) is 4.15. The molecule has 1 amide bonds. The Morgan fingerprint density at radius 2 is 1.88 bits per heavy atom. The van der Waals surface area contributed by atoms with Gasteiger partial charge in [0.25, 0.3) is 0 Å². The van der Waals surface area contributed by atoms with Gasteiger partial charge in [0.05, 0.1) is 7.11 Å². The number of likely N-dealkylation sites (tertiary alicyclic amines) is 1. The predicted octanol–water partition coefficient (Wildman–Crippen LogP) is 1.88. The SMILES string of the molecule is CON(C)C(O)c1nc(OC2CCN(C(=O)OC(C)(C)C)CC2)cc(N2CCN(C)C[C@@H]2C)n1. The number of nitrogens with zero attached hydrogens (tertiary/aromatic N) is 6. The van der Waals surface area contributed by atoms with Crippen LogP contribution >= 0.6 is 0 Å². The van der Waals surface area contributed by atoms with Gasteiger partial charge in [-0.1, -0.05) is 0 Å². The number of aliphatic hydroxyl groups is 1. The molecule has 0 saturated carbocycles. The number of aliphatic hydroxyl groups excluding tert-OH is 1. The first-order valence-corrected chi connectivity index (χ1v) is 11.9. The zero-order valence-corrected chi connectivity index (χ0v) is 21.5. The number of hydrogen-bond acceptors (Lipinski definition) is 10. The van der Waals surface area contributed by atoms with Crippen molar-refractivity contribution in [2.75, 3.05) is 58.8 Å². The molecule has 2 saturated heterocycles. The maximum Gasteiger partial charge on any atom is 0.410 e. The molecule has 1 N–H and O–H groups in total. The number of carbonyl (C=O) groups is 1. The highest BCUT2D eigenvalue weighted by Gasteiger charge is 2.30. The Labute approximate surface area is 202 Å². The van der Waals surface area contributed by atoms with Gasteiger partial charge in [0, 0.05) is 64.7 Å². The first kappa shape index (κ1) is 26.4. The van der Waals surface area contributed by atoms with Gasteiger partial charge in [-0.15, -0.1) is 0 Å². The van der Waals surface area contributed by atoms with Crippen LogP contribution in [0.15, 0.2) is 6.07 Å². The maximum atomic E-state index is 12.4. The molecule has 2 aliphatic heterocycles. The number of anilines is 1. The second kappa shape index (κ2) is 11.0. The fraction of sp³-hybridized carbons (Fsp3) is 0.783. The molecule has 1 aromatic heterocycles. The molecule has 2 atom stereocenters. The highest BCUT2D eigenvalue weighted by Crippen LogP contribution is 2.27. The van der Waals surface area contributed by atoms with Crippen molar-refractivity contribution in [3.63, 3.8) is 0 Å². The van der Waals surface area contributed by atoms with Crippen molar-refractivity contribution in [2.45, 2.75) is 64.5 Å². The van der Waals surface area contributed by atoms with Crippen molar-refractivity contribution >= 4 is 11.9 Å². The van der Waals surface area contributed by atoms with Gasteiger partial charge in [-0.2, -0.15) is 10.0 Å². The maximum absolute atomic E-state index is 12.4. The van der Waals surface area contributed by atoms with Crippen LogP contribution in [-0.4, -0.2) is 108 Å². The van der Waals surface area contributed by atoms with Crippen molar-refractivity contribution < 1.29 is 24.2 Å². The van der Waals surface area contributed by atoms with Gasteiger partial charge in [-0.05, 0) is 34.7 Å². The van der Waals surface area contributed by atoms with E-state index in [9.17, 15) is 9.90 Å². The van der Waals surface area contributed by atoms with E-state index in [1.807, 2.05) is 26.8 Å². The van der Waals surface area contributed by atoms with E-state index in [1.54, 1.807) is 11.9 Å². The predicted molar refractivity (Wildman–Crippen MR) is 128 cm³/mol. The smallest absolute Gasteiger partial charge is 0.410 e. The molecule has 11 nitrogen and oxygen atoms in total. The van der Waals surface area contributed by atoms with Crippen molar-refractivity contribution in [1.29, 1.82) is 0 Å². The highest BCUT2D eigenvalue weighted by atomic mass is 16.7. The first-order chi connectivity index (χ1) is 16.0. The van der Waals surface area contributed by atoms with Gasteiger partial charge in [-0.25, -0.2) is 9.78 Å². The van der Waals surface area contributed by atoms with Gasteiger partial charge in [0.15, 0.2) is 12.1 Å². The molecule has 2 aliphatic rings. The summed E-state index contributed by atoms with van der Waals surface area (Å²) in [6.07, 6.45) is -0.202. The zero-order valence-electron chi connectivity index (χ0n) is 21.5.